The first-order valence-electron chi connectivity index (χ1n) is 3.39. The van der Waals surface area contributed by atoms with E-state index in [2.05, 4.69) is 17.3 Å². The Hall–Kier alpha value is 0.490. The van der Waals surface area contributed by atoms with Crippen molar-refractivity contribution in [3.8, 4) is 0 Å². The highest BCUT2D eigenvalue weighted by atomic mass is 32.5. The molecule has 0 aromatic carbocycles. The maximum absolute atomic E-state index is 9.18. The number of hydroxylamine groups is 1. The minimum Gasteiger partial charge on any atom is -0.323 e. The summed E-state index contributed by atoms with van der Waals surface area (Å²) in [5.74, 6) is 0. The monoisotopic (exact) mass is 199 g/mol. The number of hydrogen-bond donors (Lipinski definition) is 2. The van der Waals surface area contributed by atoms with Crippen LogP contribution in [0.4, 0.5) is 0 Å². The zero-order valence-corrected chi connectivity index (χ0v) is 8.61. The smallest absolute Gasteiger partial charge is 0.323 e. The van der Waals surface area contributed by atoms with Gasteiger partial charge in [-0.3, -0.25) is 0 Å². The third-order valence-corrected chi connectivity index (χ3v) is 2.16. The van der Waals surface area contributed by atoms with Gasteiger partial charge in [0.2, 0.25) is 0 Å². The average molecular weight is 199 g/mol. The third kappa shape index (κ3) is 6.87. The zero-order chi connectivity index (χ0) is 8.91. The molecular formula is C5H14NO3PS. The lowest BCUT2D eigenvalue weighted by atomic mass is 10.4. The molecule has 0 aliphatic heterocycles. The topological polar surface area (TPSA) is 50.7 Å². The molecule has 6 heteroatoms. The van der Waals surface area contributed by atoms with E-state index in [0.29, 0.717) is 6.61 Å². The van der Waals surface area contributed by atoms with E-state index in [1.165, 1.54) is 0 Å². The normalized spacial score (nSPS) is 16.8. The van der Waals surface area contributed by atoms with Crippen molar-refractivity contribution in [2.75, 3.05) is 6.61 Å². The van der Waals surface area contributed by atoms with Gasteiger partial charge in [0, 0.05) is 6.04 Å². The van der Waals surface area contributed by atoms with Gasteiger partial charge in [0.15, 0.2) is 0 Å². The standard InChI is InChI=1S/C5H14NO3PS/c1-4-8-10(7,11)9-6-5(2)3/h5-6H,4H2,1-3H3,(H,7,11). The van der Waals surface area contributed by atoms with Crippen LogP contribution in [0.15, 0.2) is 0 Å². The summed E-state index contributed by atoms with van der Waals surface area (Å²) in [5, 5.41) is 0. The Kier molecular flexibility index (Phi) is 5.42. The molecule has 2 N–H and O–H groups in total. The van der Waals surface area contributed by atoms with Crippen LogP contribution < -0.4 is 5.48 Å². The second-order valence-electron chi connectivity index (χ2n) is 2.25. The molecule has 1 unspecified atom stereocenters. The number of rotatable bonds is 5. The Morgan fingerprint density at radius 2 is 2.18 bits per heavy atom. The molecular weight excluding hydrogens is 185 g/mol. The van der Waals surface area contributed by atoms with Gasteiger partial charge in [0.25, 0.3) is 0 Å². The van der Waals surface area contributed by atoms with Crippen LogP contribution in [-0.2, 0) is 21.0 Å². The van der Waals surface area contributed by atoms with E-state index >= 15 is 0 Å². The maximum atomic E-state index is 9.18. The SMILES string of the molecule is CCOP(O)(=S)ONC(C)C. The zero-order valence-electron chi connectivity index (χ0n) is 6.90. The first-order valence-corrected chi connectivity index (χ1v) is 5.98. The molecule has 0 fully saturated rings. The molecule has 68 valence electrons. The van der Waals surface area contributed by atoms with Crippen molar-refractivity contribution in [3.63, 3.8) is 0 Å². The molecule has 4 nitrogen and oxygen atoms in total. The van der Waals surface area contributed by atoms with Crippen LogP contribution in [-0.4, -0.2) is 17.5 Å². The second-order valence-corrected chi connectivity index (χ2v) is 5.01. The molecule has 0 saturated carbocycles. The Bertz CT molecular complexity index is 153. The minimum atomic E-state index is -3.02. The van der Waals surface area contributed by atoms with E-state index in [-0.39, 0.29) is 6.04 Å². The van der Waals surface area contributed by atoms with Gasteiger partial charge in [0.1, 0.15) is 0 Å². The predicted molar refractivity (Wildman–Crippen MR) is 47.5 cm³/mol. The lowest BCUT2D eigenvalue weighted by Crippen LogP contribution is -2.21. The van der Waals surface area contributed by atoms with E-state index in [1.807, 2.05) is 13.8 Å². The van der Waals surface area contributed by atoms with Crippen molar-refractivity contribution < 1.29 is 14.0 Å². The molecule has 0 aliphatic carbocycles. The van der Waals surface area contributed by atoms with Gasteiger partial charge in [-0.25, -0.2) is 4.62 Å². The summed E-state index contributed by atoms with van der Waals surface area (Å²) in [7, 11) is 0. The van der Waals surface area contributed by atoms with E-state index in [0.717, 1.165) is 0 Å². The Balaban J connectivity index is 3.64. The maximum Gasteiger partial charge on any atom is 0.341 e. The molecule has 0 spiro atoms. The van der Waals surface area contributed by atoms with E-state index < -0.39 is 6.72 Å². The Morgan fingerprint density at radius 1 is 1.64 bits per heavy atom. The van der Waals surface area contributed by atoms with Gasteiger partial charge < -0.3 is 9.42 Å². The largest absolute Gasteiger partial charge is 0.341 e. The van der Waals surface area contributed by atoms with Crippen LogP contribution >= 0.6 is 6.72 Å². The highest BCUT2D eigenvalue weighted by Crippen LogP contribution is 2.42. The van der Waals surface area contributed by atoms with Crippen LogP contribution in [0.3, 0.4) is 0 Å². The van der Waals surface area contributed by atoms with Gasteiger partial charge >= 0.3 is 6.72 Å². The fourth-order valence-electron chi connectivity index (χ4n) is 0.362. The molecule has 0 aliphatic rings. The minimum absolute atomic E-state index is 0.116. The number of hydrogen-bond acceptors (Lipinski definition) is 4. The lowest BCUT2D eigenvalue weighted by Gasteiger charge is -2.16. The lowest BCUT2D eigenvalue weighted by molar-refractivity contribution is 0.119. The van der Waals surface area contributed by atoms with Gasteiger partial charge in [-0.2, -0.15) is 5.48 Å². The Morgan fingerprint density at radius 3 is 2.55 bits per heavy atom. The number of nitrogens with one attached hydrogen (secondary N) is 1. The van der Waals surface area contributed by atoms with Crippen LogP contribution in [0.25, 0.3) is 0 Å². The summed E-state index contributed by atoms with van der Waals surface area (Å²) in [6, 6.07) is 0.116. The Labute approximate surface area is 72.1 Å². The third-order valence-electron chi connectivity index (χ3n) is 0.696. The van der Waals surface area contributed by atoms with Crippen molar-refractivity contribution in [3.05, 3.63) is 0 Å². The summed E-state index contributed by atoms with van der Waals surface area (Å²) in [4.78, 5) is 9.18. The first-order chi connectivity index (χ1) is 4.98. The van der Waals surface area contributed by atoms with Crippen molar-refractivity contribution in [2.45, 2.75) is 26.8 Å². The quantitative estimate of drug-likeness (QED) is 0.514. The predicted octanol–water partition coefficient (Wildman–Crippen LogP) is 1.17. The van der Waals surface area contributed by atoms with Gasteiger partial charge in [-0.15, -0.1) is 0 Å². The fraction of sp³-hybridized carbons (Fsp3) is 1.00. The van der Waals surface area contributed by atoms with Crippen molar-refractivity contribution in [1.82, 2.24) is 5.48 Å². The molecule has 0 aromatic rings. The fourth-order valence-corrected chi connectivity index (χ4v) is 1.53. The molecule has 1 atom stereocenters. The molecule has 0 saturated heterocycles. The summed E-state index contributed by atoms with van der Waals surface area (Å²) >= 11 is 4.62. The highest BCUT2D eigenvalue weighted by molar-refractivity contribution is 8.07. The van der Waals surface area contributed by atoms with Crippen LogP contribution in [0.1, 0.15) is 20.8 Å². The molecule has 0 bridgehead atoms. The molecule has 0 heterocycles. The molecule has 0 aromatic heterocycles. The highest BCUT2D eigenvalue weighted by Gasteiger charge is 2.14. The molecule has 0 radical (unpaired) electrons. The van der Waals surface area contributed by atoms with Crippen LogP contribution in [0, 0.1) is 0 Å². The van der Waals surface area contributed by atoms with Crippen LogP contribution in [0.2, 0.25) is 0 Å². The molecule has 0 amide bonds. The van der Waals surface area contributed by atoms with Crippen LogP contribution in [0.5, 0.6) is 0 Å². The second kappa shape index (κ2) is 5.19. The van der Waals surface area contributed by atoms with Gasteiger partial charge in [-0.1, -0.05) is 0 Å². The summed E-state index contributed by atoms with van der Waals surface area (Å²) in [6.07, 6.45) is 0. The summed E-state index contributed by atoms with van der Waals surface area (Å²) < 4.78 is 9.52. The first kappa shape index (κ1) is 11.5. The average Bonchev–Trinajstić information content (AvgIpc) is 1.84. The van der Waals surface area contributed by atoms with Crippen molar-refractivity contribution in [1.29, 1.82) is 0 Å². The van der Waals surface area contributed by atoms with Crippen molar-refractivity contribution in [2.24, 2.45) is 0 Å². The van der Waals surface area contributed by atoms with E-state index in [4.69, 9.17) is 9.15 Å². The molecule has 0 rings (SSSR count). The van der Waals surface area contributed by atoms with Crippen molar-refractivity contribution >= 4 is 18.5 Å². The van der Waals surface area contributed by atoms with E-state index in [9.17, 15) is 4.89 Å². The molecule has 11 heavy (non-hydrogen) atoms. The summed E-state index contributed by atoms with van der Waals surface area (Å²) in [5.41, 5.74) is 2.54. The van der Waals surface area contributed by atoms with E-state index in [1.54, 1.807) is 6.92 Å². The van der Waals surface area contributed by atoms with Gasteiger partial charge in [0.05, 0.1) is 6.61 Å². The summed E-state index contributed by atoms with van der Waals surface area (Å²) in [6.45, 7) is 2.83. The van der Waals surface area contributed by atoms with Gasteiger partial charge in [-0.05, 0) is 32.6 Å².